The Morgan fingerprint density at radius 2 is 1.38 bits per heavy atom. The first kappa shape index (κ1) is 31.3. The van der Waals surface area contributed by atoms with Gasteiger partial charge in [0.25, 0.3) is 0 Å². The van der Waals surface area contributed by atoms with Gasteiger partial charge in [0.1, 0.15) is 6.04 Å². The van der Waals surface area contributed by atoms with Crippen molar-refractivity contribution in [2.75, 3.05) is 19.3 Å². The lowest BCUT2D eigenvalue weighted by Crippen LogP contribution is -2.53. The minimum atomic E-state index is -3.73. The minimum Gasteiger partial charge on any atom is -0.354 e. The molecular formula is C31H38ClN3O4S. The number of halogens is 1. The lowest BCUT2D eigenvalue weighted by Gasteiger charge is -2.33. The van der Waals surface area contributed by atoms with Crippen LogP contribution in [0.25, 0.3) is 0 Å². The number of hydrogen-bond donors (Lipinski definition) is 1. The van der Waals surface area contributed by atoms with Gasteiger partial charge in [-0.1, -0.05) is 98.2 Å². The van der Waals surface area contributed by atoms with Gasteiger partial charge >= 0.3 is 0 Å². The molecule has 0 aliphatic heterocycles. The van der Waals surface area contributed by atoms with E-state index in [4.69, 9.17) is 11.6 Å². The molecule has 3 aromatic rings. The summed E-state index contributed by atoms with van der Waals surface area (Å²) in [6.07, 6.45) is 2.17. The topological polar surface area (TPSA) is 86.8 Å². The zero-order chi connectivity index (χ0) is 29.1. The smallest absolute Gasteiger partial charge is 0.243 e. The standard InChI is InChI=1S/C31H38ClN3O4S/c1-24(2)18-19-33-31(37)29(20-25-10-6-4-7-11-25)35(22-27-14-16-28(32)17-15-27)30(36)23-34(40(3,38)39)21-26-12-8-5-9-13-26/h4-17,24,29H,18-23H2,1-3H3,(H,33,37)/t29-/m1/s1. The number of amides is 2. The van der Waals surface area contributed by atoms with Crippen LogP contribution in [-0.4, -0.2) is 54.8 Å². The molecule has 0 fully saturated rings. The van der Waals surface area contributed by atoms with Gasteiger partial charge in [0.15, 0.2) is 0 Å². The monoisotopic (exact) mass is 583 g/mol. The zero-order valence-electron chi connectivity index (χ0n) is 23.3. The number of nitrogens with zero attached hydrogens (tertiary/aromatic N) is 2. The van der Waals surface area contributed by atoms with Crippen molar-refractivity contribution in [1.29, 1.82) is 0 Å². The predicted molar refractivity (Wildman–Crippen MR) is 160 cm³/mol. The Balaban J connectivity index is 1.97. The second kappa shape index (κ2) is 15.0. The lowest BCUT2D eigenvalue weighted by atomic mass is 10.0. The maximum atomic E-state index is 14.0. The Kier molecular flexibility index (Phi) is 11.7. The number of carbonyl (C=O) groups excluding carboxylic acids is 2. The Bertz CT molecular complexity index is 1330. The molecule has 2 amide bonds. The third-order valence-electron chi connectivity index (χ3n) is 6.54. The zero-order valence-corrected chi connectivity index (χ0v) is 24.9. The van der Waals surface area contributed by atoms with Crippen LogP contribution in [0.5, 0.6) is 0 Å². The molecule has 1 N–H and O–H groups in total. The fraction of sp³-hybridized carbons (Fsp3) is 0.355. The molecule has 0 saturated carbocycles. The molecule has 0 radical (unpaired) electrons. The van der Waals surface area contributed by atoms with Gasteiger partial charge in [-0.05, 0) is 41.2 Å². The summed E-state index contributed by atoms with van der Waals surface area (Å²) in [4.78, 5) is 29.1. The average Bonchev–Trinajstić information content (AvgIpc) is 2.91. The van der Waals surface area contributed by atoms with E-state index in [-0.39, 0.29) is 25.4 Å². The summed E-state index contributed by atoms with van der Waals surface area (Å²) in [5, 5.41) is 3.56. The largest absolute Gasteiger partial charge is 0.354 e. The van der Waals surface area contributed by atoms with Crippen molar-refractivity contribution >= 4 is 33.4 Å². The van der Waals surface area contributed by atoms with Gasteiger partial charge in [-0.25, -0.2) is 8.42 Å². The number of carbonyl (C=O) groups is 2. The van der Waals surface area contributed by atoms with E-state index >= 15 is 0 Å². The van der Waals surface area contributed by atoms with E-state index in [0.717, 1.165) is 33.7 Å². The van der Waals surface area contributed by atoms with Crippen molar-refractivity contribution < 1.29 is 18.0 Å². The highest BCUT2D eigenvalue weighted by Crippen LogP contribution is 2.18. The third kappa shape index (κ3) is 10.1. The summed E-state index contributed by atoms with van der Waals surface area (Å²) < 4.78 is 26.7. The van der Waals surface area contributed by atoms with E-state index in [9.17, 15) is 18.0 Å². The summed E-state index contributed by atoms with van der Waals surface area (Å²) in [5.74, 6) is -0.335. The molecule has 0 heterocycles. The summed E-state index contributed by atoms with van der Waals surface area (Å²) in [6.45, 7) is 4.41. The summed E-state index contributed by atoms with van der Waals surface area (Å²) >= 11 is 6.09. The first-order valence-corrected chi connectivity index (χ1v) is 15.6. The molecule has 0 bridgehead atoms. The molecule has 7 nitrogen and oxygen atoms in total. The van der Waals surface area contributed by atoms with Gasteiger partial charge in [0.2, 0.25) is 21.8 Å². The Morgan fingerprint density at radius 1 is 0.825 bits per heavy atom. The number of hydrogen-bond acceptors (Lipinski definition) is 4. The molecule has 9 heteroatoms. The van der Waals surface area contributed by atoms with Crippen molar-refractivity contribution in [3.63, 3.8) is 0 Å². The van der Waals surface area contributed by atoms with Crippen LogP contribution in [0.2, 0.25) is 5.02 Å². The maximum absolute atomic E-state index is 14.0. The van der Waals surface area contributed by atoms with Gasteiger partial charge in [0.05, 0.1) is 12.8 Å². The summed E-state index contributed by atoms with van der Waals surface area (Å²) in [6, 6.07) is 24.8. The molecule has 3 rings (SSSR count). The van der Waals surface area contributed by atoms with Crippen molar-refractivity contribution in [1.82, 2.24) is 14.5 Å². The third-order valence-corrected chi connectivity index (χ3v) is 7.99. The van der Waals surface area contributed by atoms with Gasteiger partial charge in [-0.2, -0.15) is 4.31 Å². The SMILES string of the molecule is CC(C)CCNC(=O)[C@@H](Cc1ccccc1)N(Cc1ccc(Cl)cc1)C(=O)CN(Cc1ccccc1)S(C)(=O)=O. The molecule has 3 aromatic carbocycles. The van der Waals surface area contributed by atoms with Crippen molar-refractivity contribution in [2.24, 2.45) is 5.92 Å². The van der Waals surface area contributed by atoms with Crippen LogP contribution in [0.4, 0.5) is 0 Å². The predicted octanol–water partition coefficient (Wildman–Crippen LogP) is 4.90. The van der Waals surface area contributed by atoms with E-state index < -0.39 is 28.5 Å². The molecule has 40 heavy (non-hydrogen) atoms. The van der Waals surface area contributed by atoms with E-state index in [1.807, 2.05) is 60.7 Å². The average molecular weight is 584 g/mol. The highest BCUT2D eigenvalue weighted by molar-refractivity contribution is 7.88. The highest BCUT2D eigenvalue weighted by Gasteiger charge is 2.32. The van der Waals surface area contributed by atoms with Gasteiger partial charge in [0, 0.05) is 31.1 Å². The first-order chi connectivity index (χ1) is 19.0. The molecule has 0 spiro atoms. The second-order valence-electron chi connectivity index (χ2n) is 10.3. The van der Waals surface area contributed by atoms with E-state index in [0.29, 0.717) is 17.5 Å². The fourth-order valence-electron chi connectivity index (χ4n) is 4.26. The van der Waals surface area contributed by atoms with Crippen molar-refractivity contribution in [3.8, 4) is 0 Å². The quantitative estimate of drug-likeness (QED) is 0.292. The van der Waals surface area contributed by atoms with E-state index in [1.165, 1.54) is 4.90 Å². The maximum Gasteiger partial charge on any atom is 0.243 e. The molecule has 0 aliphatic rings. The molecular weight excluding hydrogens is 546 g/mol. The van der Waals surface area contributed by atoms with Gasteiger partial charge < -0.3 is 10.2 Å². The molecule has 0 saturated heterocycles. The molecule has 0 aliphatic carbocycles. The van der Waals surface area contributed by atoms with Crippen LogP contribution in [0.3, 0.4) is 0 Å². The fourth-order valence-corrected chi connectivity index (χ4v) is 5.12. The second-order valence-corrected chi connectivity index (χ2v) is 12.8. The van der Waals surface area contributed by atoms with Crippen LogP contribution in [-0.2, 0) is 39.1 Å². The van der Waals surface area contributed by atoms with Crippen molar-refractivity contribution in [3.05, 3.63) is 107 Å². The highest BCUT2D eigenvalue weighted by atomic mass is 35.5. The van der Waals surface area contributed by atoms with Crippen LogP contribution >= 0.6 is 11.6 Å². The van der Waals surface area contributed by atoms with E-state index in [2.05, 4.69) is 19.2 Å². The number of sulfonamides is 1. The van der Waals surface area contributed by atoms with Crippen LogP contribution in [0.15, 0.2) is 84.9 Å². The number of nitrogens with one attached hydrogen (secondary N) is 1. The van der Waals surface area contributed by atoms with Crippen LogP contribution in [0.1, 0.15) is 37.0 Å². The van der Waals surface area contributed by atoms with Crippen LogP contribution in [0, 0.1) is 5.92 Å². The summed E-state index contributed by atoms with van der Waals surface area (Å²) in [5.41, 5.74) is 2.43. The van der Waals surface area contributed by atoms with Crippen LogP contribution < -0.4 is 5.32 Å². The molecule has 0 aromatic heterocycles. The lowest BCUT2D eigenvalue weighted by molar-refractivity contribution is -0.141. The molecule has 0 unspecified atom stereocenters. The van der Waals surface area contributed by atoms with E-state index in [1.54, 1.807) is 24.3 Å². The first-order valence-electron chi connectivity index (χ1n) is 13.4. The Labute approximate surface area is 243 Å². The number of rotatable bonds is 14. The minimum absolute atomic E-state index is 0.0458. The summed E-state index contributed by atoms with van der Waals surface area (Å²) in [7, 11) is -3.73. The normalized spacial score (nSPS) is 12.3. The van der Waals surface area contributed by atoms with Gasteiger partial charge in [-0.3, -0.25) is 9.59 Å². The number of benzene rings is 3. The van der Waals surface area contributed by atoms with Crippen molar-refractivity contribution in [2.45, 2.75) is 45.8 Å². The van der Waals surface area contributed by atoms with Gasteiger partial charge in [-0.15, -0.1) is 0 Å². The molecule has 214 valence electrons. The Morgan fingerprint density at radius 3 is 1.93 bits per heavy atom. The molecule has 1 atom stereocenters. The Hall–Kier alpha value is -3.20.